The Bertz CT molecular complexity index is 568. The van der Waals surface area contributed by atoms with Crippen molar-refractivity contribution in [3.05, 3.63) is 47.8 Å². The molecule has 0 saturated heterocycles. The summed E-state index contributed by atoms with van der Waals surface area (Å²) >= 11 is 1.37. The number of alkyl halides is 3. The topological polar surface area (TPSA) is 37.8 Å². The summed E-state index contributed by atoms with van der Waals surface area (Å²) in [7, 11) is 0. The van der Waals surface area contributed by atoms with Gasteiger partial charge >= 0.3 is 6.18 Å². The van der Waals surface area contributed by atoms with E-state index in [0.717, 1.165) is 30.2 Å². The van der Waals surface area contributed by atoms with Crippen molar-refractivity contribution < 1.29 is 13.2 Å². The number of nitrogens with one attached hydrogen (secondary N) is 1. The first-order valence-electron chi connectivity index (χ1n) is 6.34. The van der Waals surface area contributed by atoms with Crippen LogP contribution >= 0.6 is 11.8 Å². The number of hydrogen-bond acceptors (Lipinski definition) is 4. The summed E-state index contributed by atoms with van der Waals surface area (Å²) in [6.45, 7) is 2.79. The average Bonchev–Trinajstić information content (AvgIpc) is 2.46. The van der Waals surface area contributed by atoms with Gasteiger partial charge < -0.3 is 5.32 Å². The first kappa shape index (κ1) is 15.6. The molecule has 21 heavy (non-hydrogen) atoms. The summed E-state index contributed by atoms with van der Waals surface area (Å²) < 4.78 is 37.2. The van der Waals surface area contributed by atoms with Crippen molar-refractivity contribution in [1.82, 2.24) is 9.97 Å². The van der Waals surface area contributed by atoms with Gasteiger partial charge in [-0.25, -0.2) is 9.97 Å². The van der Waals surface area contributed by atoms with Crippen LogP contribution in [0.2, 0.25) is 0 Å². The number of nitrogens with zero attached hydrogens (tertiary/aromatic N) is 2. The van der Waals surface area contributed by atoms with Crippen LogP contribution in [-0.2, 0) is 11.9 Å². The number of rotatable bonds is 5. The highest BCUT2D eigenvalue weighted by Crippen LogP contribution is 2.30. The molecule has 2 aromatic heterocycles. The molecule has 2 heterocycles. The van der Waals surface area contributed by atoms with Crippen molar-refractivity contribution in [1.29, 1.82) is 0 Å². The SMILES string of the molecule is CCNc1ccc(CSc2ccc(C(F)(F)F)cn2)cn1. The predicted molar refractivity (Wildman–Crippen MR) is 77.2 cm³/mol. The second kappa shape index (κ2) is 6.80. The maximum Gasteiger partial charge on any atom is 0.417 e. The van der Waals surface area contributed by atoms with Crippen molar-refractivity contribution in [2.75, 3.05) is 11.9 Å². The van der Waals surface area contributed by atoms with E-state index in [1.165, 1.54) is 17.8 Å². The summed E-state index contributed by atoms with van der Waals surface area (Å²) in [6, 6.07) is 6.23. The van der Waals surface area contributed by atoms with E-state index < -0.39 is 11.7 Å². The summed E-state index contributed by atoms with van der Waals surface area (Å²) in [5.74, 6) is 1.41. The van der Waals surface area contributed by atoms with Gasteiger partial charge in [0.05, 0.1) is 10.6 Å². The molecule has 0 aliphatic heterocycles. The Morgan fingerprint density at radius 2 is 1.90 bits per heavy atom. The largest absolute Gasteiger partial charge is 0.417 e. The van der Waals surface area contributed by atoms with Gasteiger partial charge in [0.25, 0.3) is 0 Å². The molecule has 3 nitrogen and oxygen atoms in total. The third-order valence-corrected chi connectivity index (χ3v) is 3.65. The van der Waals surface area contributed by atoms with E-state index in [4.69, 9.17) is 0 Å². The molecule has 2 aromatic rings. The van der Waals surface area contributed by atoms with Crippen molar-refractivity contribution in [2.45, 2.75) is 23.9 Å². The number of pyridine rings is 2. The number of thioether (sulfide) groups is 1. The fourth-order valence-electron chi connectivity index (χ4n) is 1.59. The van der Waals surface area contributed by atoms with Crippen LogP contribution in [0.15, 0.2) is 41.7 Å². The number of aromatic nitrogens is 2. The van der Waals surface area contributed by atoms with Gasteiger partial charge in [0, 0.05) is 24.7 Å². The summed E-state index contributed by atoms with van der Waals surface area (Å²) in [5, 5.41) is 3.65. The zero-order valence-corrected chi connectivity index (χ0v) is 12.1. The fourth-order valence-corrected chi connectivity index (χ4v) is 2.36. The van der Waals surface area contributed by atoms with Crippen LogP contribution in [0.1, 0.15) is 18.1 Å². The van der Waals surface area contributed by atoms with E-state index in [9.17, 15) is 13.2 Å². The Hall–Kier alpha value is -1.76. The predicted octanol–water partition coefficient (Wildman–Crippen LogP) is 4.22. The highest BCUT2D eigenvalue weighted by molar-refractivity contribution is 7.98. The smallest absolute Gasteiger partial charge is 0.370 e. The van der Waals surface area contributed by atoms with Crippen LogP contribution in [0.25, 0.3) is 0 Å². The second-order valence-corrected chi connectivity index (χ2v) is 5.25. The lowest BCUT2D eigenvalue weighted by molar-refractivity contribution is -0.137. The molecule has 0 aliphatic carbocycles. The van der Waals surface area contributed by atoms with Gasteiger partial charge in [0.15, 0.2) is 0 Å². The van der Waals surface area contributed by atoms with Gasteiger partial charge in [-0.15, -0.1) is 11.8 Å². The van der Waals surface area contributed by atoms with Crippen molar-refractivity contribution in [3.8, 4) is 0 Å². The summed E-state index contributed by atoms with van der Waals surface area (Å²) in [5.41, 5.74) is 0.256. The average molecular weight is 313 g/mol. The number of halogens is 3. The van der Waals surface area contributed by atoms with Gasteiger partial charge in [-0.05, 0) is 30.7 Å². The Kier molecular flexibility index (Phi) is 5.06. The van der Waals surface area contributed by atoms with E-state index in [1.807, 2.05) is 19.1 Å². The molecule has 0 unspecified atom stereocenters. The minimum Gasteiger partial charge on any atom is -0.370 e. The molecule has 0 fully saturated rings. The van der Waals surface area contributed by atoms with Crippen LogP contribution in [0.5, 0.6) is 0 Å². The Morgan fingerprint density at radius 1 is 1.10 bits per heavy atom. The molecule has 0 spiro atoms. The first-order chi connectivity index (χ1) is 9.99. The van der Waals surface area contributed by atoms with E-state index in [1.54, 1.807) is 6.20 Å². The third-order valence-electron chi connectivity index (χ3n) is 2.63. The molecular weight excluding hydrogens is 299 g/mol. The molecule has 0 aliphatic rings. The molecule has 112 valence electrons. The van der Waals surface area contributed by atoms with Crippen LogP contribution in [0.3, 0.4) is 0 Å². The lowest BCUT2D eigenvalue weighted by Crippen LogP contribution is -2.05. The second-order valence-electron chi connectivity index (χ2n) is 4.25. The quantitative estimate of drug-likeness (QED) is 0.839. The Labute approximate surface area is 125 Å². The maximum atomic E-state index is 12.4. The monoisotopic (exact) mass is 313 g/mol. The van der Waals surface area contributed by atoms with Gasteiger partial charge in [-0.1, -0.05) is 6.07 Å². The number of hydrogen-bond donors (Lipinski definition) is 1. The van der Waals surface area contributed by atoms with E-state index in [-0.39, 0.29) is 0 Å². The number of anilines is 1. The van der Waals surface area contributed by atoms with Crippen molar-refractivity contribution >= 4 is 17.6 Å². The summed E-state index contributed by atoms with van der Waals surface area (Å²) in [4.78, 5) is 8.05. The Balaban J connectivity index is 1.93. The molecule has 0 radical (unpaired) electrons. The summed E-state index contributed by atoms with van der Waals surface area (Å²) in [6.07, 6.45) is -1.74. The minimum absolute atomic E-state index is 0.554. The molecule has 0 atom stereocenters. The normalized spacial score (nSPS) is 11.4. The van der Waals surface area contributed by atoms with Crippen LogP contribution in [0, 0.1) is 0 Å². The van der Waals surface area contributed by atoms with Gasteiger partial charge in [-0.2, -0.15) is 13.2 Å². The molecular formula is C14H14F3N3S. The minimum atomic E-state index is -4.35. The maximum absolute atomic E-state index is 12.4. The zero-order valence-electron chi connectivity index (χ0n) is 11.3. The highest BCUT2D eigenvalue weighted by Gasteiger charge is 2.30. The lowest BCUT2D eigenvalue weighted by Gasteiger charge is -2.07. The van der Waals surface area contributed by atoms with Crippen LogP contribution in [-0.4, -0.2) is 16.5 Å². The van der Waals surface area contributed by atoms with E-state index in [2.05, 4.69) is 15.3 Å². The van der Waals surface area contributed by atoms with Crippen molar-refractivity contribution in [3.63, 3.8) is 0 Å². The first-order valence-corrected chi connectivity index (χ1v) is 7.32. The van der Waals surface area contributed by atoms with Gasteiger partial charge in [0.2, 0.25) is 0 Å². The molecule has 0 amide bonds. The molecule has 7 heteroatoms. The lowest BCUT2D eigenvalue weighted by atomic mass is 10.3. The standard InChI is InChI=1S/C14H14F3N3S/c1-2-18-12-5-3-10(7-19-12)9-21-13-6-4-11(8-20-13)14(15,16)17/h3-8H,2,9H2,1H3,(H,18,19). The zero-order chi connectivity index (χ0) is 15.3. The van der Waals surface area contributed by atoms with E-state index >= 15 is 0 Å². The molecule has 0 aromatic carbocycles. The fraction of sp³-hybridized carbons (Fsp3) is 0.286. The van der Waals surface area contributed by atoms with E-state index in [0.29, 0.717) is 10.8 Å². The molecule has 2 rings (SSSR count). The van der Waals surface area contributed by atoms with Gasteiger partial charge in [0.1, 0.15) is 5.82 Å². The van der Waals surface area contributed by atoms with Crippen LogP contribution in [0.4, 0.5) is 19.0 Å². The third kappa shape index (κ3) is 4.63. The molecule has 1 N–H and O–H groups in total. The van der Waals surface area contributed by atoms with Crippen LogP contribution < -0.4 is 5.32 Å². The van der Waals surface area contributed by atoms with Crippen molar-refractivity contribution in [2.24, 2.45) is 0 Å². The molecule has 0 bridgehead atoms. The van der Waals surface area contributed by atoms with Gasteiger partial charge in [-0.3, -0.25) is 0 Å². The Morgan fingerprint density at radius 3 is 2.43 bits per heavy atom. The highest BCUT2D eigenvalue weighted by atomic mass is 32.2. The molecule has 0 saturated carbocycles.